The Morgan fingerprint density at radius 2 is 1.85 bits per heavy atom. The molecule has 2 aromatic rings. The van der Waals surface area contributed by atoms with E-state index in [0.29, 0.717) is 12.3 Å². The first-order valence-electron chi connectivity index (χ1n) is 8.31. The maximum absolute atomic E-state index is 12.2. The van der Waals surface area contributed by atoms with E-state index in [2.05, 4.69) is 24.4 Å². The summed E-state index contributed by atoms with van der Waals surface area (Å²) in [6.45, 7) is 2.84. The van der Waals surface area contributed by atoms with Crippen molar-refractivity contribution in [3.8, 4) is 5.75 Å². The molecule has 26 heavy (non-hydrogen) atoms. The average molecular weight is 357 g/mol. The van der Waals surface area contributed by atoms with Gasteiger partial charge in [0.05, 0.1) is 24.6 Å². The Morgan fingerprint density at radius 3 is 2.42 bits per heavy atom. The van der Waals surface area contributed by atoms with Gasteiger partial charge in [-0.1, -0.05) is 31.2 Å². The van der Waals surface area contributed by atoms with Gasteiger partial charge in [-0.15, -0.1) is 0 Å². The maximum atomic E-state index is 12.2. The molecule has 0 spiro atoms. The molecule has 0 saturated heterocycles. The van der Waals surface area contributed by atoms with Crippen molar-refractivity contribution in [1.29, 1.82) is 0 Å². The minimum absolute atomic E-state index is 0.124. The molecule has 0 atom stereocenters. The van der Waals surface area contributed by atoms with E-state index in [9.17, 15) is 14.9 Å². The highest BCUT2D eigenvalue weighted by Crippen LogP contribution is 2.28. The van der Waals surface area contributed by atoms with E-state index in [1.54, 1.807) is 6.07 Å². The second-order valence-corrected chi connectivity index (χ2v) is 6.03. The molecule has 7 heteroatoms. The van der Waals surface area contributed by atoms with Crippen molar-refractivity contribution in [1.82, 2.24) is 4.90 Å². The molecule has 0 bridgehead atoms. The fourth-order valence-electron chi connectivity index (χ4n) is 2.58. The van der Waals surface area contributed by atoms with E-state index < -0.39 is 4.92 Å². The molecule has 2 aromatic carbocycles. The van der Waals surface area contributed by atoms with E-state index in [4.69, 9.17) is 4.74 Å². The first kappa shape index (κ1) is 19.4. The van der Waals surface area contributed by atoms with Crippen LogP contribution in [0.3, 0.4) is 0 Å². The van der Waals surface area contributed by atoms with Crippen LogP contribution in [-0.2, 0) is 17.8 Å². The third-order valence-electron chi connectivity index (χ3n) is 3.97. The maximum Gasteiger partial charge on any atom is 0.296 e. The zero-order valence-corrected chi connectivity index (χ0v) is 15.2. The van der Waals surface area contributed by atoms with Crippen LogP contribution in [-0.4, -0.2) is 36.4 Å². The summed E-state index contributed by atoms with van der Waals surface area (Å²) in [5.74, 6) is 0.0493. The van der Waals surface area contributed by atoms with E-state index >= 15 is 0 Å². The van der Waals surface area contributed by atoms with Crippen LogP contribution in [0.4, 0.5) is 11.4 Å². The molecule has 1 amide bonds. The number of anilines is 1. The Kier molecular flexibility index (Phi) is 6.68. The van der Waals surface area contributed by atoms with Crippen molar-refractivity contribution in [3.63, 3.8) is 0 Å². The highest BCUT2D eigenvalue weighted by molar-refractivity contribution is 5.94. The number of nitro benzene ring substituents is 1. The van der Waals surface area contributed by atoms with Crippen molar-refractivity contribution >= 4 is 17.3 Å². The van der Waals surface area contributed by atoms with Gasteiger partial charge in [0.1, 0.15) is 11.4 Å². The SMILES string of the molecule is CCc1ccc(CN(C)CC(=O)Nc2ccc(OC)cc2[N+](=O)[O-])cc1. The second-order valence-electron chi connectivity index (χ2n) is 6.03. The quantitative estimate of drug-likeness (QED) is 0.579. The van der Waals surface area contributed by atoms with E-state index in [-0.39, 0.29) is 23.8 Å². The van der Waals surface area contributed by atoms with Gasteiger partial charge in [-0.05, 0) is 36.7 Å². The smallest absolute Gasteiger partial charge is 0.296 e. The lowest BCUT2D eigenvalue weighted by Gasteiger charge is -2.16. The van der Waals surface area contributed by atoms with Crippen LogP contribution in [0.5, 0.6) is 5.75 Å². The zero-order valence-electron chi connectivity index (χ0n) is 15.2. The number of ether oxygens (including phenoxy) is 1. The van der Waals surface area contributed by atoms with Gasteiger partial charge in [0.2, 0.25) is 5.91 Å². The number of rotatable bonds is 8. The van der Waals surface area contributed by atoms with Crippen LogP contribution in [0, 0.1) is 10.1 Å². The number of nitrogens with one attached hydrogen (secondary N) is 1. The average Bonchev–Trinajstić information content (AvgIpc) is 2.62. The lowest BCUT2D eigenvalue weighted by Crippen LogP contribution is -2.30. The van der Waals surface area contributed by atoms with Crippen molar-refractivity contribution in [2.24, 2.45) is 0 Å². The van der Waals surface area contributed by atoms with Crippen LogP contribution in [0.1, 0.15) is 18.1 Å². The molecule has 7 nitrogen and oxygen atoms in total. The van der Waals surface area contributed by atoms with Crippen molar-refractivity contribution in [3.05, 3.63) is 63.7 Å². The first-order valence-corrected chi connectivity index (χ1v) is 8.31. The molecular weight excluding hydrogens is 334 g/mol. The molecule has 1 N–H and O–H groups in total. The monoisotopic (exact) mass is 357 g/mol. The molecule has 138 valence electrons. The summed E-state index contributed by atoms with van der Waals surface area (Å²) in [6.07, 6.45) is 0.985. The molecule has 0 aliphatic rings. The molecule has 0 heterocycles. The molecular formula is C19H23N3O4. The van der Waals surface area contributed by atoms with Crippen LogP contribution < -0.4 is 10.1 Å². The predicted molar refractivity (Wildman–Crippen MR) is 100 cm³/mol. The summed E-state index contributed by atoms with van der Waals surface area (Å²) in [5.41, 5.74) is 2.32. The third-order valence-corrected chi connectivity index (χ3v) is 3.97. The van der Waals surface area contributed by atoms with Crippen molar-refractivity contribution < 1.29 is 14.5 Å². The van der Waals surface area contributed by atoms with Crippen LogP contribution in [0.25, 0.3) is 0 Å². The van der Waals surface area contributed by atoms with Gasteiger partial charge in [0.15, 0.2) is 0 Å². The van der Waals surface area contributed by atoms with Crippen molar-refractivity contribution in [2.75, 3.05) is 26.0 Å². The summed E-state index contributed by atoms with van der Waals surface area (Å²) < 4.78 is 4.99. The van der Waals surface area contributed by atoms with E-state index in [1.165, 1.54) is 24.8 Å². The lowest BCUT2D eigenvalue weighted by atomic mass is 10.1. The summed E-state index contributed by atoms with van der Waals surface area (Å²) >= 11 is 0. The van der Waals surface area contributed by atoms with Gasteiger partial charge in [0.25, 0.3) is 5.69 Å². The topological polar surface area (TPSA) is 84.7 Å². The van der Waals surface area contributed by atoms with Gasteiger partial charge < -0.3 is 10.1 Å². The Hall–Kier alpha value is -2.93. The number of carbonyl (C=O) groups is 1. The van der Waals surface area contributed by atoms with Gasteiger partial charge in [-0.2, -0.15) is 0 Å². The molecule has 0 unspecified atom stereocenters. The Morgan fingerprint density at radius 1 is 1.19 bits per heavy atom. The fraction of sp³-hybridized carbons (Fsp3) is 0.316. The first-order chi connectivity index (χ1) is 12.4. The summed E-state index contributed by atoms with van der Waals surface area (Å²) in [5, 5.41) is 13.8. The number of carbonyl (C=O) groups excluding carboxylic acids is 1. The second kappa shape index (κ2) is 8.96. The number of aryl methyl sites for hydroxylation is 1. The summed E-state index contributed by atoms with van der Waals surface area (Å²) in [7, 11) is 3.26. The van der Waals surface area contributed by atoms with Gasteiger partial charge in [0, 0.05) is 6.54 Å². The summed E-state index contributed by atoms with van der Waals surface area (Å²) in [6, 6.07) is 12.6. The summed E-state index contributed by atoms with van der Waals surface area (Å²) in [4.78, 5) is 24.7. The number of nitro groups is 1. The minimum atomic E-state index is -0.545. The van der Waals surface area contributed by atoms with E-state index in [1.807, 2.05) is 24.1 Å². The highest BCUT2D eigenvalue weighted by Gasteiger charge is 2.18. The van der Waals surface area contributed by atoms with Gasteiger partial charge >= 0.3 is 0 Å². The lowest BCUT2D eigenvalue weighted by molar-refractivity contribution is -0.384. The number of methoxy groups -OCH3 is 1. The van der Waals surface area contributed by atoms with Gasteiger partial charge in [-0.3, -0.25) is 19.8 Å². The number of likely N-dealkylation sites (N-methyl/N-ethyl adjacent to an activating group) is 1. The van der Waals surface area contributed by atoms with Crippen LogP contribution in [0.2, 0.25) is 0 Å². The molecule has 0 fully saturated rings. The van der Waals surface area contributed by atoms with Crippen LogP contribution >= 0.6 is 0 Å². The number of hydrogen-bond acceptors (Lipinski definition) is 5. The van der Waals surface area contributed by atoms with Gasteiger partial charge in [-0.25, -0.2) is 0 Å². The molecule has 0 saturated carbocycles. The zero-order chi connectivity index (χ0) is 19.1. The Bertz CT molecular complexity index is 775. The molecule has 0 aromatic heterocycles. The third kappa shape index (κ3) is 5.29. The number of nitrogens with zero attached hydrogens (tertiary/aromatic N) is 2. The molecule has 2 rings (SSSR count). The van der Waals surface area contributed by atoms with E-state index in [0.717, 1.165) is 12.0 Å². The standard InChI is InChI=1S/C19H23N3O4/c1-4-14-5-7-15(8-6-14)12-21(2)13-19(23)20-17-10-9-16(26-3)11-18(17)22(24)25/h5-11H,4,12-13H2,1-3H3,(H,20,23). The molecule has 0 aliphatic heterocycles. The fourth-order valence-corrected chi connectivity index (χ4v) is 2.58. The minimum Gasteiger partial charge on any atom is -0.496 e. The number of amides is 1. The number of hydrogen-bond donors (Lipinski definition) is 1. The Balaban J connectivity index is 1.98. The number of benzene rings is 2. The normalized spacial score (nSPS) is 10.6. The largest absolute Gasteiger partial charge is 0.496 e. The Labute approximate surface area is 152 Å². The van der Waals surface area contributed by atoms with Crippen molar-refractivity contribution in [2.45, 2.75) is 19.9 Å². The highest BCUT2D eigenvalue weighted by atomic mass is 16.6. The predicted octanol–water partition coefficient (Wildman–Crippen LogP) is 3.24. The van der Waals surface area contributed by atoms with Crippen LogP contribution in [0.15, 0.2) is 42.5 Å². The molecule has 0 aliphatic carbocycles. The molecule has 0 radical (unpaired) electrons.